The molecule has 4 rings (SSSR count). The fourth-order valence-corrected chi connectivity index (χ4v) is 2.57. The molecule has 3 aromatic rings. The maximum Gasteiger partial charge on any atom is 0.264 e. The molecule has 0 unspecified atom stereocenters. The molecule has 24 heavy (non-hydrogen) atoms. The Morgan fingerprint density at radius 2 is 2.12 bits per heavy atom. The van der Waals surface area contributed by atoms with Crippen LogP contribution in [-0.2, 0) is 7.05 Å². The Kier molecular flexibility index (Phi) is 3.41. The van der Waals surface area contributed by atoms with Gasteiger partial charge >= 0.3 is 0 Å². The van der Waals surface area contributed by atoms with Gasteiger partial charge in [0.05, 0.1) is 30.8 Å². The Morgan fingerprint density at radius 1 is 1.29 bits per heavy atom. The predicted molar refractivity (Wildman–Crippen MR) is 91.2 cm³/mol. The van der Waals surface area contributed by atoms with Gasteiger partial charge in [0.25, 0.3) is 5.56 Å². The van der Waals surface area contributed by atoms with Crippen LogP contribution in [-0.4, -0.2) is 32.7 Å². The summed E-state index contributed by atoms with van der Waals surface area (Å²) in [5.41, 5.74) is 2.04. The molecule has 1 aliphatic carbocycles. The molecule has 0 amide bonds. The van der Waals surface area contributed by atoms with E-state index in [0.717, 1.165) is 18.4 Å². The van der Waals surface area contributed by atoms with Gasteiger partial charge in [-0.05, 0) is 25.0 Å². The summed E-state index contributed by atoms with van der Waals surface area (Å²) in [6.45, 7) is 0. The molecular formula is C17H17N5O2. The number of rotatable bonds is 4. The smallest absolute Gasteiger partial charge is 0.264 e. The van der Waals surface area contributed by atoms with Crippen LogP contribution < -0.4 is 15.6 Å². The van der Waals surface area contributed by atoms with E-state index in [1.807, 2.05) is 12.1 Å². The van der Waals surface area contributed by atoms with Crippen LogP contribution in [0, 0.1) is 0 Å². The second kappa shape index (κ2) is 5.59. The number of hydrogen-bond donors (Lipinski definition) is 1. The molecule has 0 atom stereocenters. The molecule has 0 aliphatic heterocycles. The highest BCUT2D eigenvalue weighted by molar-refractivity contribution is 5.91. The van der Waals surface area contributed by atoms with Crippen molar-refractivity contribution in [2.45, 2.75) is 18.9 Å². The third kappa shape index (κ3) is 2.58. The van der Waals surface area contributed by atoms with Gasteiger partial charge < -0.3 is 14.6 Å². The Labute approximate surface area is 138 Å². The van der Waals surface area contributed by atoms with Gasteiger partial charge in [-0.2, -0.15) is 0 Å². The summed E-state index contributed by atoms with van der Waals surface area (Å²) in [6, 6.07) is 4.05. The zero-order chi connectivity index (χ0) is 16.7. The minimum Gasteiger partial charge on any atom is -0.495 e. The lowest BCUT2D eigenvalue weighted by Gasteiger charge is -2.11. The van der Waals surface area contributed by atoms with Crippen molar-refractivity contribution < 1.29 is 4.74 Å². The van der Waals surface area contributed by atoms with Crippen molar-refractivity contribution in [2.24, 2.45) is 7.05 Å². The van der Waals surface area contributed by atoms with Gasteiger partial charge in [-0.3, -0.25) is 9.78 Å². The second-order valence-electron chi connectivity index (χ2n) is 5.94. The highest BCUT2D eigenvalue weighted by Crippen LogP contribution is 2.30. The first-order valence-electron chi connectivity index (χ1n) is 7.78. The molecule has 122 valence electrons. The number of pyridine rings is 2. The van der Waals surface area contributed by atoms with E-state index in [1.54, 1.807) is 26.6 Å². The molecule has 1 aliphatic rings. The number of methoxy groups -OCH3 is 1. The van der Waals surface area contributed by atoms with Crippen LogP contribution >= 0.6 is 0 Å². The second-order valence-corrected chi connectivity index (χ2v) is 5.94. The van der Waals surface area contributed by atoms with Crippen molar-refractivity contribution >= 4 is 16.7 Å². The number of fused-ring (bicyclic) bond motifs is 1. The lowest BCUT2D eigenvalue weighted by Crippen LogP contribution is -2.19. The quantitative estimate of drug-likeness (QED) is 0.790. The van der Waals surface area contributed by atoms with Crippen molar-refractivity contribution in [1.29, 1.82) is 0 Å². The van der Waals surface area contributed by atoms with Crippen LogP contribution in [0.3, 0.4) is 0 Å². The van der Waals surface area contributed by atoms with Gasteiger partial charge in [-0.1, -0.05) is 0 Å². The van der Waals surface area contributed by atoms with E-state index in [0.29, 0.717) is 34.2 Å². The number of aryl methyl sites for hydroxylation is 1. The summed E-state index contributed by atoms with van der Waals surface area (Å²) < 4.78 is 6.70. The molecule has 3 heterocycles. The Balaban J connectivity index is 1.93. The molecule has 7 nitrogen and oxygen atoms in total. The SMILES string of the molecule is COc1cncc(-c2cc3ncn(C)c(=O)c3c(NC3CC3)n2)c1. The van der Waals surface area contributed by atoms with Gasteiger partial charge in [0.1, 0.15) is 17.0 Å². The highest BCUT2D eigenvalue weighted by Gasteiger charge is 2.24. The van der Waals surface area contributed by atoms with E-state index in [2.05, 4.69) is 20.3 Å². The van der Waals surface area contributed by atoms with Gasteiger partial charge in [-0.15, -0.1) is 0 Å². The number of hydrogen-bond acceptors (Lipinski definition) is 6. The summed E-state index contributed by atoms with van der Waals surface area (Å²) >= 11 is 0. The Bertz CT molecular complexity index is 978. The average molecular weight is 323 g/mol. The van der Waals surface area contributed by atoms with Gasteiger partial charge in [0.15, 0.2) is 0 Å². The molecule has 1 saturated carbocycles. The topological polar surface area (TPSA) is 81.9 Å². The van der Waals surface area contributed by atoms with E-state index >= 15 is 0 Å². The summed E-state index contributed by atoms with van der Waals surface area (Å²) in [5.74, 6) is 1.24. The summed E-state index contributed by atoms with van der Waals surface area (Å²) in [4.78, 5) is 25.7. The number of aromatic nitrogens is 4. The average Bonchev–Trinajstić information content (AvgIpc) is 3.42. The van der Waals surface area contributed by atoms with E-state index in [9.17, 15) is 4.79 Å². The maximum absolute atomic E-state index is 12.5. The van der Waals surface area contributed by atoms with Crippen LogP contribution in [0.25, 0.3) is 22.2 Å². The molecule has 0 aromatic carbocycles. The van der Waals surface area contributed by atoms with Crippen molar-refractivity contribution in [1.82, 2.24) is 19.5 Å². The predicted octanol–water partition coefficient (Wildman–Crippen LogP) is 1.97. The number of nitrogens with zero attached hydrogens (tertiary/aromatic N) is 4. The molecule has 0 bridgehead atoms. The van der Waals surface area contributed by atoms with E-state index < -0.39 is 0 Å². The lowest BCUT2D eigenvalue weighted by atomic mass is 10.1. The molecule has 0 saturated heterocycles. The first-order valence-corrected chi connectivity index (χ1v) is 7.78. The van der Waals surface area contributed by atoms with Crippen LogP contribution in [0.4, 0.5) is 5.82 Å². The molecule has 3 aromatic heterocycles. The lowest BCUT2D eigenvalue weighted by molar-refractivity contribution is 0.413. The van der Waals surface area contributed by atoms with E-state index in [1.165, 1.54) is 10.9 Å². The normalized spacial score (nSPS) is 13.9. The highest BCUT2D eigenvalue weighted by atomic mass is 16.5. The molecule has 1 N–H and O–H groups in total. The molecule has 0 radical (unpaired) electrons. The Morgan fingerprint density at radius 3 is 2.88 bits per heavy atom. The fourth-order valence-electron chi connectivity index (χ4n) is 2.57. The van der Waals surface area contributed by atoms with Crippen molar-refractivity contribution in [2.75, 3.05) is 12.4 Å². The maximum atomic E-state index is 12.5. The van der Waals surface area contributed by atoms with Crippen LogP contribution in [0.15, 0.2) is 35.6 Å². The number of anilines is 1. The zero-order valence-electron chi connectivity index (χ0n) is 13.5. The van der Waals surface area contributed by atoms with Crippen molar-refractivity contribution in [3.63, 3.8) is 0 Å². The first kappa shape index (κ1) is 14.6. The largest absolute Gasteiger partial charge is 0.495 e. The van der Waals surface area contributed by atoms with Crippen LogP contribution in [0.1, 0.15) is 12.8 Å². The van der Waals surface area contributed by atoms with Gasteiger partial charge in [0.2, 0.25) is 0 Å². The van der Waals surface area contributed by atoms with Gasteiger partial charge in [-0.25, -0.2) is 9.97 Å². The Hall–Kier alpha value is -2.96. The minimum absolute atomic E-state index is 0.106. The summed E-state index contributed by atoms with van der Waals surface area (Å²) in [7, 11) is 3.29. The van der Waals surface area contributed by atoms with E-state index in [-0.39, 0.29) is 5.56 Å². The van der Waals surface area contributed by atoms with Crippen molar-refractivity contribution in [3.05, 3.63) is 41.2 Å². The summed E-state index contributed by atoms with van der Waals surface area (Å²) in [6.07, 6.45) is 7.07. The molecule has 7 heteroatoms. The monoisotopic (exact) mass is 323 g/mol. The molecule has 0 spiro atoms. The standard InChI is InChI=1S/C17H17N5O2/c1-22-9-19-14-6-13(10-5-12(24-2)8-18-7-10)21-16(15(14)17(22)23)20-11-3-4-11/h5-9,11H,3-4H2,1-2H3,(H,20,21). The van der Waals surface area contributed by atoms with E-state index in [4.69, 9.17) is 4.74 Å². The molecular weight excluding hydrogens is 306 g/mol. The summed E-state index contributed by atoms with van der Waals surface area (Å²) in [5, 5.41) is 3.87. The third-order valence-electron chi connectivity index (χ3n) is 4.07. The third-order valence-corrected chi connectivity index (χ3v) is 4.07. The number of ether oxygens (including phenoxy) is 1. The fraction of sp³-hybridized carbons (Fsp3) is 0.294. The number of nitrogens with one attached hydrogen (secondary N) is 1. The van der Waals surface area contributed by atoms with Crippen molar-refractivity contribution in [3.8, 4) is 17.0 Å². The van der Waals surface area contributed by atoms with Crippen LogP contribution in [0.5, 0.6) is 5.75 Å². The first-order chi connectivity index (χ1) is 11.7. The molecule has 1 fully saturated rings. The zero-order valence-corrected chi connectivity index (χ0v) is 13.5. The minimum atomic E-state index is -0.106. The van der Waals surface area contributed by atoms with Crippen LogP contribution in [0.2, 0.25) is 0 Å². The van der Waals surface area contributed by atoms with Gasteiger partial charge in [0, 0.05) is 24.8 Å².